The third-order valence-electron chi connectivity index (χ3n) is 3.20. The Hall–Kier alpha value is -2.77. The molecule has 0 radical (unpaired) electrons. The van der Waals surface area contributed by atoms with Crippen molar-refractivity contribution < 1.29 is 13.5 Å². The molecule has 7 heteroatoms. The molecule has 0 bridgehead atoms. The standard InChI is InChI=1S/C17H13F2N3OS/c1-3-23-11-6-4-10(5-7-11)22-16-14(18)12(8-20)13(9-21)15(19)17(16)24-2/h4-7,22H,3H2,1-2H3. The van der Waals surface area contributed by atoms with Crippen LogP contribution in [0.15, 0.2) is 29.2 Å². The quantitative estimate of drug-likeness (QED) is 0.804. The number of halogens is 2. The highest BCUT2D eigenvalue weighted by Gasteiger charge is 2.24. The molecule has 0 amide bonds. The van der Waals surface area contributed by atoms with E-state index in [-0.39, 0.29) is 10.6 Å². The second-order valence-electron chi connectivity index (χ2n) is 4.59. The van der Waals surface area contributed by atoms with Gasteiger partial charge in [0.25, 0.3) is 0 Å². The van der Waals surface area contributed by atoms with Crippen molar-refractivity contribution in [3.05, 3.63) is 47.0 Å². The average molecular weight is 345 g/mol. The molecule has 1 N–H and O–H groups in total. The van der Waals surface area contributed by atoms with E-state index in [9.17, 15) is 8.78 Å². The van der Waals surface area contributed by atoms with Gasteiger partial charge in [0, 0.05) is 5.69 Å². The molecule has 0 unspecified atom stereocenters. The SMILES string of the molecule is CCOc1ccc(Nc2c(F)c(C#N)c(C#N)c(F)c2SC)cc1. The maximum absolute atomic E-state index is 14.6. The molecular weight excluding hydrogens is 332 g/mol. The van der Waals surface area contributed by atoms with Gasteiger partial charge in [0.2, 0.25) is 0 Å². The summed E-state index contributed by atoms with van der Waals surface area (Å²) in [6, 6.07) is 9.78. The van der Waals surface area contributed by atoms with Crippen LogP contribution in [0.5, 0.6) is 5.75 Å². The molecule has 0 aliphatic carbocycles. The molecular formula is C17H13F2N3OS. The van der Waals surface area contributed by atoms with Crippen molar-refractivity contribution in [1.82, 2.24) is 0 Å². The molecule has 122 valence electrons. The van der Waals surface area contributed by atoms with Crippen molar-refractivity contribution in [2.45, 2.75) is 11.8 Å². The maximum Gasteiger partial charge on any atom is 0.167 e. The average Bonchev–Trinajstić information content (AvgIpc) is 2.59. The first-order valence-corrected chi connectivity index (χ1v) is 8.18. The van der Waals surface area contributed by atoms with E-state index in [4.69, 9.17) is 15.3 Å². The van der Waals surface area contributed by atoms with Crippen LogP contribution in [0.2, 0.25) is 0 Å². The van der Waals surface area contributed by atoms with Gasteiger partial charge in [-0.3, -0.25) is 0 Å². The molecule has 0 spiro atoms. The van der Waals surface area contributed by atoms with Crippen LogP contribution in [0.1, 0.15) is 18.1 Å². The van der Waals surface area contributed by atoms with E-state index >= 15 is 0 Å². The lowest BCUT2D eigenvalue weighted by Crippen LogP contribution is -2.05. The van der Waals surface area contributed by atoms with Gasteiger partial charge in [-0.1, -0.05) is 0 Å². The summed E-state index contributed by atoms with van der Waals surface area (Å²) in [5.74, 6) is -1.21. The van der Waals surface area contributed by atoms with E-state index in [0.29, 0.717) is 18.0 Å². The smallest absolute Gasteiger partial charge is 0.167 e. The van der Waals surface area contributed by atoms with Crippen LogP contribution in [0.4, 0.5) is 20.2 Å². The molecule has 0 heterocycles. The molecule has 0 saturated heterocycles. The van der Waals surface area contributed by atoms with Gasteiger partial charge in [0.05, 0.1) is 17.2 Å². The number of benzene rings is 2. The van der Waals surface area contributed by atoms with E-state index in [2.05, 4.69) is 5.32 Å². The van der Waals surface area contributed by atoms with Gasteiger partial charge in [0.1, 0.15) is 29.0 Å². The largest absolute Gasteiger partial charge is 0.494 e. The predicted molar refractivity (Wildman–Crippen MR) is 88.5 cm³/mol. The minimum atomic E-state index is -0.950. The molecule has 0 atom stereocenters. The second kappa shape index (κ2) is 7.67. The Balaban J connectivity index is 2.52. The normalized spacial score (nSPS) is 9.92. The number of nitrogens with zero attached hydrogens (tertiary/aromatic N) is 2. The fourth-order valence-electron chi connectivity index (χ4n) is 2.13. The van der Waals surface area contributed by atoms with Gasteiger partial charge in [-0.2, -0.15) is 10.5 Å². The molecule has 0 aliphatic heterocycles. The van der Waals surface area contributed by atoms with Crippen molar-refractivity contribution >= 4 is 23.1 Å². The Labute approximate surface area is 142 Å². The second-order valence-corrected chi connectivity index (χ2v) is 5.41. The number of hydrogen-bond acceptors (Lipinski definition) is 5. The van der Waals surface area contributed by atoms with Crippen molar-refractivity contribution in [1.29, 1.82) is 10.5 Å². The monoisotopic (exact) mass is 345 g/mol. The molecule has 24 heavy (non-hydrogen) atoms. The van der Waals surface area contributed by atoms with E-state index in [0.717, 1.165) is 11.8 Å². The molecule has 0 aromatic heterocycles. The number of hydrogen-bond donors (Lipinski definition) is 1. The molecule has 0 fully saturated rings. The van der Waals surface area contributed by atoms with Gasteiger partial charge in [0.15, 0.2) is 11.6 Å². The summed E-state index contributed by atoms with van der Waals surface area (Å²) < 4.78 is 34.3. The van der Waals surface area contributed by atoms with Crippen molar-refractivity contribution in [3.63, 3.8) is 0 Å². The van der Waals surface area contributed by atoms with Gasteiger partial charge in [-0.25, -0.2) is 8.78 Å². The van der Waals surface area contributed by atoms with E-state index in [1.165, 1.54) is 0 Å². The lowest BCUT2D eigenvalue weighted by Gasteiger charge is -2.15. The molecule has 0 aliphatic rings. The van der Waals surface area contributed by atoms with Crippen LogP contribution < -0.4 is 10.1 Å². The molecule has 2 rings (SSSR count). The predicted octanol–water partition coefficient (Wildman–Crippen LogP) is 4.57. The summed E-state index contributed by atoms with van der Waals surface area (Å²) in [4.78, 5) is -0.0584. The Kier molecular flexibility index (Phi) is 5.62. The summed E-state index contributed by atoms with van der Waals surface area (Å²) in [5.41, 5.74) is -0.863. The van der Waals surface area contributed by atoms with Gasteiger partial charge in [-0.15, -0.1) is 11.8 Å². The third-order valence-corrected chi connectivity index (χ3v) is 3.99. The van der Waals surface area contributed by atoms with Gasteiger partial charge in [-0.05, 0) is 37.4 Å². The highest BCUT2D eigenvalue weighted by Crippen LogP contribution is 2.37. The highest BCUT2D eigenvalue weighted by molar-refractivity contribution is 7.98. The van der Waals surface area contributed by atoms with Crippen LogP contribution in [-0.2, 0) is 0 Å². The van der Waals surface area contributed by atoms with Crippen molar-refractivity contribution in [2.75, 3.05) is 18.2 Å². The zero-order chi connectivity index (χ0) is 17.7. The van der Waals surface area contributed by atoms with Gasteiger partial charge < -0.3 is 10.1 Å². The number of nitriles is 2. The first kappa shape index (κ1) is 17.6. The van der Waals surface area contributed by atoms with E-state index < -0.39 is 22.8 Å². The van der Waals surface area contributed by atoms with Crippen molar-refractivity contribution in [2.24, 2.45) is 0 Å². The molecule has 2 aromatic carbocycles. The lowest BCUT2D eigenvalue weighted by atomic mass is 10.1. The summed E-state index contributed by atoms with van der Waals surface area (Å²) in [6.07, 6.45) is 1.56. The fraction of sp³-hybridized carbons (Fsp3) is 0.176. The minimum Gasteiger partial charge on any atom is -0.494 e. The molecule has 4 nitrogen and oxygen atoms in total. The van der Waals surface area contributed by atoms with E-state index in [1.807, 2.05) is 6.92 Å². The zero-order valence-corrected chi connectivity index (χ0v) is 13.8. The highest BCUT2D eigenvalue weighted by atomic mass is 32.2. The number of anilines is 2. The number of rotatable bonds is 5. The van der Waals surface area contributed by atoms with Crippen molar-refractivity contribution in [3.8, 4) is 17.9 Å². The fourth-order valence-corrected chi connectivity index (χ4v) is 2.75. The maximum atomic E-state index is 14.6. The Morgan fingerprint density at radius 2 is 1.67 bits per heavy atom. The molecule has 2 aromatic rings. The first-order chi connectivity index (χ1) is 11.6. The summed E-state index contributed by atoms with van der Waals surface area (Å²) in [5, 5.41) is 20.8. The number of thioether (sulfide) groups is 1. The summed E-state index contributed by atoms with van der Waals surface area (Å²) in [7, 11) is 0. The Morgan fingerprint density at radius 1 is 1.08 bits per heavy atom. The Bertz CT molecular complexity index is 835. The minimum absolute atomic E-state index is 0.0584. The Morgan fingerprint density at radius 3 is 2.17 bits per heavy atom. The number of nitrogens with one attached hydrogen (secondary N) is 1. The van der Waals surface area contributed by atoms with Crippen LogP contribution in [0.3, 0.4) is 0 Å². The third kappa shape index (κ3) is 3.27. The van der Waals surface area contributed by atoms with Gasteiger partial charge >= 0.3 is 0 Å². The van der Waals surface area contributed by atoms with Crippen LogP contribution in [-0.4, -0.2) is 12.9 Å². The van der Waals surface area contributed by atoms with Crippen LogP contribution in [0.25, 0.3) is 0 Å². The first-order valence-electron chi connectivity index (χ1n) is 6.96. The topological polar surface area (TPSA) is 68.8 Å². The zero-order valence-electron chi connectivity index (χ0n) is 13.0. The van der Waals surface area contributed by atoms with Crippen LogP contribution in [0, 0.1) is 34.3 Å². The summed E-state index contributed by atoms with van der Waals surface area (Å²) in [6.45, 7) is 2.37. The van der Waals surface area contributed by atoms with Crippen LogP contribution >= 0.6 is 11.8 Å². The lowest BCUT2D eigenvalue weighted by molar-refractivity contribution is 0.340. The number of ether oxygens (including phenoxy) is 1. The summed E-state index contributed by atoms with van der Waals surface area (Å²) >= 11 is 0.953. The molecule has 0 saturated carbocycles. The van der Waals surface area contributed by atoms with E-state index in [1.54, 1.807) is 42.7 Å².